The molecule has 0 bridgehead atoms. The Kier molecular flexibility index (Phi) is 6.20. The first-order chi connectivity index (χ1) is 9.54. The first-order valence-corrected chi connectivity index (χ1v) is 9.40. The number of hydrogen-bond acceptors (Lipinski definition) is 3. The number of hydrogen-bond donors (Lipinski definition) is 1. The minimum Gasteiger partial charge on any atom is -0.310 e. The van der Waals surface area contributed by atoms with Crippen LogP contribution in [0.5, 0.6) is 0 Å². The van der Waals surface area contributed by atoms with Crippen LogP contribution in [0.15, 0.2) is 22.7 Å². The SMILES string of the molecule is CC(C)NCc1ccc(CN2CCS(=O)CC2)c(Br)c1. The number of nitrogens with zero attached hydrogens (tertiary/aromatic N) is 1. The van der Waals surface area contributed by atoms with E-state index < -0.39 is 10.8 Å². The van der Waals surface area contributed by atoms with Gasteiger partial charge in [-0.1, -0.05) is 41.9 Å². The summed E-state index contributed by atoms with van der Waals surface area (Å²) in [6, 6.07) is 7.10. The fraction of sp³-hybridized carbons (Fsp3) is 0.600. The molecule has 3 nitrogen and oxygen atoms in total. The molecule has 0 spiro atoms. The van der Waals surface area contributed by atoms with E-state index in [0.29, 0.717) is 6.04 Å². The molecule has 1 heterocycles. The van der Waals surface area contributed by atoms with Gasteiger partial charge in [0, 0.05) is 59.0 Å². The molecule has 2 rings (SSSR count). The average Bonchev–Trinajstić information content (AvgIpc) is 2.41. The van der Waals surface area contributed by atoms with Crippen LogP contribution in [-0.4, -0.2) is 39.7 Å². The number of halogens is 1. The van der Waals surface area contributed by atoms with Crippen molar-refractivity contribution in [1.29, 1.82) is 0 Å². The summed E-state index contributed by atoms with van der Waals surface area (Å²) >= 11 is 3.68. The molecular weight excluding hydrogens is 336 g/mol. The number of benzene rings is 1. The van der Waals surface area contributed by atoms with Crippen LogP contribution in [0.25, 0.3) is 0 Å². The third-order valence-corrected chi connectivity index (χ3v) is 5.51. The summed E-state index contributed by atoms with van der Waals surface area (Å²) in [6.07, 6.45) is 0. The maximum Gasteiger partial charge on any atom is 0.0363 e. The molecular formula is C15H23BrN2OS. The largest absolute Gasteiger partial charge is 0.310 e. The Morgan fingerprint density at radius 1 is 1.35 bits per heavy atom. The Bertz CT molecular complexity index is 469. The van der Waals surface area contributed by atoms with Crippen LogP contribution < -0.4 is 5.32 Å². The van der Waals surface area contributed by atoms with Crippen molar-refractivity contribution in [3.05, 3.63) is 33.8 Å². The summed E-state index contributed by atoms with van der Waals surface area (Å²) in [7, 11) is -0.597. The van der Waals surface area contributed by atoms with Crippen molar-refractivity contribution >= 4 is 26.7 Å². The zero-order valence-corrected chi connectivity index (χ0v) is 14.6. The van der Waals surface area contributed by atoms with Gasteiger partial charge in [-0.2, -0.15) is 0 Å². The zero-order valence-electron chi connectivity index (χ0n) is 12.2. The van der Waals surface area contributed by atoms with E-state index in [0.717, 1.165) is 37.7 Å². The molecule has 1 N–H and O–H groups in total. The van der Waals surface area contributed by atoms with Crippen LogP contribution in [0.4, 0.5) is 0 Å². The maximum atomic E-state index is 11.4. The van der Waals surface area contributed by atoms with Crippen molar-refractivity contribution in [2.75, 3.05) is 24.6 Å². The van der Waals surface area contributed by atoms with Crippen LogP contribution >= 0.6 is 15.9 Å². The standard InChI is InChI=1S/C15H23BrN2OS/c1-12(2)17-10-13-3-4-14(15(16)9-13)11-18-5-7-20(19)8-6-18/h3-4,9,12,17H,5-8,10-11H2,1-2H3. The van der Waals surface area contributed by atoms with Gasteiger partial charge in [0.05, 0.1) is 0 Å². The van der Waals surface area contributed by atoms with Gasteiger partial charge in [0.25, 0.3) is 0 Å². The molecule has 1 aliphatic rings. The van der Waals surface area contributed by atoms with Crippen LogP contribution in [0.2, 0.25) is 0 Å². The summed E-state index contributed by atoms with van der Waals surface area (Å²) in [6.45, 7) is 8.04. The Labute approximate surface area is 132 Å². The minimum absolute atomic E-state index is 0.502. The van der Waals surface area contributed by atoms with Gasteiger partial charge in [-0.3, -0.25) is 9.11 Å². The lowest BCUT2D eigenvalue weighted by molar-refractivity contribution is 0.291. The molecule has 5 heteroatoms. The molecule has 0 radical (unpaired) electrons. The minimum atomic E-state index is -0.597. The second kappa shape index (κ2) is 7.69. The Morgan fingerprint density at radius 2 is 2.05 bits per heavy atom. The average molecular weight is 359 g/mol. The van der Waals surface area contributed by atoms with Gasteiger partial charge in [-0.25, -0.2) is 0 Å². The highest BCUT2D eigenvalue weighted by Gasteiger charge is 2.16. The van der Waals surface area contributed by atoms with Crippen molar-refractivity contribution in [1.82, 2.24) is 10.2 Å². The molecule has 1 saturated heterocycles. The highest BCUT2D eigenvalue weighted by molar-refractivity contribution is 9.10. The fourth-order valence-electron chi connectivity index (χ4n) is 2.23. The molecule has 0 unspecified atom stereocenters. The van der Waals surface area contributed by atoms with Gasteiger partial charge in [0.1, 0.15) is 0 Å². The highest BCUT2D eigenvalue weighted by atomic mass is 79.9. The van der Waals surface area contributed by atoms with Crippen molar-refractivity contribution in [3.8, 4) is 0 Å². The summed E-state index contributed by atoms with van der Waals surface area (Å²) in [5.74, 6) is 1.63. The Morgan fingerprint density at radius 3 is 2.65 bits per heavy atom. The lowest BCUT2D eigenvalue weighted by atomic mass is 10.1. The molecule has 1 aliphatic heterocycles. The monoisotopic (exact) mass is 358 g/mol. The van der Waals surface area contributed by atoms with Crippen LogP contribution in [0.3, 0.4) is 0 Å². The molecule has 112 valence electrons. The van der Waals surface area contributed by atoms with Gasteiger partial charge in [-0.05, 0) is 17.2 Å². The first-order valence-electron chi connectivity index (χ1n) is 7.12. The van der Waals surface area contributed by atoms with E-state index in [1.807, 2.05) is 0 Å². The Balaban J connectivity index is 1.93. The van der Waals surface area contributed by atoms with Crippen molar-refractivity contribution in [2.24, 2.45) is 0 Å². The van der Waals surface area contributed by atoms with Crippen LogP contribution in [-0.2, 0) is 23.9 Å². The molecule has 1 aromatic carbocycles. The third kappa shape index (κ3) is 4.95. The van der Waals surface area contributed by atoms with Crippen LogP contribution in [0.1, 0.15) is 25.0 Å². The van der Waals surface area contributed by atoms with E-state index in [2.05, 4.69) is 58.2 Å². The van der Waals surface area contributed by atoms with Gasteiger partial charge in [0.2, 0.25) is 0 Å². The predicted octanol–water partition coefficient (Wildman–Crippen LogP) is 2.51. The van der Waals surface area contributed by atoms with Crippen LogP contribution in [0, 0.1) is 0 Å². The second-order valence-corrected chi connectivity index (χ2v) is 8.14. The van der Waals surface area contributed by atoms with Gasteiger partial charge in [0.15, 0.2) is 0 Å². The van der Waals surface area contributed by atoms with E-state index in [1.54, 1.807) is 0 Å². The molecule has 0 atom stereocenters. The summed E-state index contributed by atoms with van der Waals surface area (Å²) in [5.41, 5.74) is 2.61. The van der Waals surface area contributed by atoms with E-state index in [-0.39, 0.29) is 0 Å². The predicted molar refractivity (Wildman–Crippen MR) is 89.3 cm³/mol. The van der Waals surface area contributed by atoms with E-state index in [1.165, 1.54) is 15.6 Å². The normalized spacial score (nSPS) is 17.8. The molecule has 0 aliphatic carbocycles. The lowest BCUT2D eigenvalue weighted by Crippen LogP contribution is -2.37. The molecule has 1 aromatic rings. The topological polar surface area (TPSA) is 32.3 Å². The molecule has 20 heavy (non-hydrogen) atoms. The Hall–Kier alpha value is -0.230. The second-order valence-electron chi connectivity index (χ2n) is 5.59. The number of nitrogens with one attached hydrogen (secondary N) is 1. The third-order valence-electron chi connectivity index (χ3n) is 3.50. The lowest BCUT2D eigenvalue weighted by Gasteiger charge is -2.26. The molecule has 0 aromatic heterocycles. The summed E-state index contributed by atoms with van der Waals surface area (Å²) in [4.78, 5) is 2.38. The maximum absolute atomic E-state index is 11.4. The van der Waals surface area contributed by atoms with Gasteiger partial charge in [-0.15, -0.1) is 0 Å². The summed E-state index contributed by atoms with van der Waals surface area (Å²) < 4.78 is 12.5. The molecule has 1 fully saturated rings. The quantitative estimate of drug-likeness (QED) is 0.877. The van der Waals surface area contributed by atoms with Crippen molar-refractivity contribution in [3.63, 3.8) is 0 Å². The van der Waals surface area contributed by atoms with Crippen molar-refractivity contribution in [2.45, 2.75) is 33.0 Å². The fourth-order valence-corrected chi connectivity index (χ4v) is 3.91. The highest BCUT2D eigenvalue weighted by Crippen LogP contribution is 2.21. The molecule has 0 amide bonds. The van der Waals surface area contributed by atoms with Crippen molar-refractivity contribution < 1.29 is 4.21 Å². The zero-order chi connectivity index (χ0) is 14.5. The smallest absolute Gasteiger partial charge is 0.0363 e. The first kappa shape index (κ1) is 16.1. The van der Waals surface area contributed by atoms with Gasteiger partial charge >= 0.3 is 0 Å². The van der Waals surface area contributed by atoms with E-state index in [9.17, 15) is 4.21 Å². The van der Waals surface area contributed by atoms with E-state index in [4.69, 9.17) is 0 Å². The van der Waals surface area contributed by atoms with Gasteiger partial charge < -0.3 is 5.32 Å². The number of rotatable bonds is 5. The van der Waals surface area contributed by atoms with E-state index >= 15 is 0 Å². The summed E-state index contributed by atoms with van der Waals surface area (Å²) in [5, 5.41) is 3.43. The molecule has 0 saturated carbocycles.